The van der Waals surface area contributed by atoms with Crippen molar-refractivity contribution >= 4 is 11.6 Å². The zero-order valence-corrected chi connectivity index (χ0v) is 14.7. The van der Waals surface area contributed by atoms with Gasteiger partial charge in [-0.25, -0.2) is 4.98 Å². The first-order valence-electron chi connectivity index (χ1n) is 9.07. The van der Waals surface area contributed by atoms with Gasteiger partial charge in [-0.05, 0) is 58.3 Å². The van der Waals surface area contributed by atoms with Crippen LogP contribution in [0.3, 0.4) is 0 Å². The van der Waals surface area contributed by atoms with Crippen LogP contribution >= 0.6 is 0 Å². The molecule has 2 aromatic heterocycles. The fourth-order valence-electron chi connectivity index (χ4n) is 5.46. The lowest BCUT2D eigenvalue weighted by Crippen LogP contribution is -2.62. The van der Waals surface area contributed by atoms with E-state index in [4.69, 9.17) is 4.74 Å². The number of morpholine rings is 1. The fraction of sp³-hybridized carbons (Fsp3) is 0.722. The Morgan fingerprint density at radius 1 is 1.25 bits per heavy atom. The highest BCUT2D eigenvalue weighted by atomic mass is 16.5. The van der Waals surface area contributed by atoms with Crippen LogP contribution in [-0.4, -0.2) is 43.9 Å². The smallest absolute Gasteiger partial charge is 0.254 e. The Morgan fingerprint density at radius 2 is 2.12 bits per heavy atom. The molecule has 3 heterocycles. The van der Waals surface area contributed by atoms with E-state index in [0.717, 1.165) is 30.5 Å². The van der Waals surface area contributed by atoms with Gasteiger partial charge in [-0.1, -0.05) is 0 Å². The minimum atomic E-state index is -0.160. The van der Waals surface area contributed by atoms with Crippen molar-refractivity contribution in [3.05, 3.63) is 18.1 Å². The fourth-order valence-corrected chi connectivity index (χ4v) is 5.46. The SMILES string of the molecule is Cc1cc(N2CC(C)(C)O[C@@]3(C[C@@H]4CC[C@H]3C4)C2)n2ncnc2n1. The largest absolute Gasteiger partial charge is 0.365 e. The summed E-state index contributed by atoms with van der Waals surface area (Å²) in [4.78, 5) is 11.2. The monoisotopic (exact) mass is 327 g/mol. The van der Waals surface area contributed by atoms with Gasteiger partial charge in [0, 0.05) is 24.8 Å². The molecule has 24 heavy (non-hydrogen) atoms. The van der Waals surface area contributed by atoms with Gasteiger partial charge in [0.05, 0.1) is 11.2 Å². The number of nitrogens with zero attached hydrogens (tertiary/aromatic N) is 5. The Morgan fingerprint density at radius 3 is 2.88 bits per heavy atom. The molecule has 2 aliphatic carbocycles. The van der Waals surface area contributed by atoms with E-state index in [1.165, 1.54) is 25.7 Å². The average Bonchev–Trinajstić information content (AvgIpc) is 3.19. The number of hydrogen-bond donors (Lipinski definition) is 0. The minimum Gasteiger partial charge on any atom is -0.365 e. The van der Waals surface area contributed by atoms with E-state index in [9.17, 15) is 0 Å². The minimum absolute atomic E-state index is 0.00868. The Bertz CT molecular complexity index is 800. The molecule has 3 atom stereocenters. The lowest BCUT2D eigenvalue weighted by atomic mass is 9.81. The molecule has 0 aromatic carbocycles. The summed E-state index contributed by atoms with van der Waals surface area (Å²) in [5, 5.41) is 4.41. The quantitative estimate of drug-likeness (QED) is 0.806. The first-order valence-corrected chi connectivity index (χ1v) is 9.07. The molecule has 2 bridgehead atoms. The second-order valence-corrected chi connectivity index (χ2v) is 8.59. The molecule has 0 N–H and O–H groups in total. The number of aromatic nitrogens is 4. The van der Waals surface area contributed by atoms with Crippen LogP contribution in [0.25, 0.3) is 5.78 Å². The maximum Gasteiger partial charge on any atom is 0.254 e. The van der Waals surface area contributed by atoms with E-state index in [1.54, 1.807) is 6.33 Å². The molecule has 128 valence electrons. The number of aryl methyl sites for hydroxylation is 1. The topological polar surface area (TPSA) is 55.6 Å². The normalized spacial score (nSPS) is 34.5. The molecule has 6 nitrogen and oxygen atoms in total. The van der Waals surface area contributed by atoms with Gasteiger partial charge in [0.15, 0.2) is 0 Å². The van der Waals surface area contributed by atoms with Gasteiger partial charge in [0.25, 0.3) is 5.78 Å². The summed E-state index contributed by atoms with van der Waals surface area (Å²) in [5.41, 5.74) is 0.832. The van der Waals surface area contributed by atoms with Crippen molar-refractivity contribution < 1.29 is 4.74 Å². The maximum atomic E-state index is 6.73. The highest BCUT2D eigenvalue weighted by molar-refractivity contribution is 5.48. The van der Waals surface area contributed by atoms with Crippen LogP contribution in [-0.2, 0) is 4.74 Å². The third kappa shape index (κ3) is 2.08. The van der Waals surface area contributed by atoms with Gasteiger partial charge >= 0.3 is 0 Å². The van der Waals surface area contributed by atoms with Crippen molar-refractivity contribution in [3.63, 3.8) is 0 Å². The predicted molar refractivity (Wildman–Crippen MR) is 91.1 cm³/mol. The van der Waals surface area contributed by atoms with Crippen LogP contribution in [0.2, 0.25) is 0 Å². The summed E-state index contributed by atoms with van der Waals surface area (Å²) < 4.78 is 8.60. The van der Waals surface area contributed by atoms with Crippen LogP contribution in [0.15, 0.2) is 12.4 Å². The molecule has 0 amide bonds. The van der Waals surface area contributed by atoms with Gasteiger partial charge in [0.1, 0.15) is 12.1 Å². The summed E-state index contributed by atoms with van der Waals surface area (Å²) in [6.45, 7) is 8.29. The molecular weight excluding hydrogens is 302 g/mol. The van der Waals surface area contributed by atoms with Crippen LogP contribution in [0.4, 0.5) is 5.82 Å². The number of ether oxygens (including phenoxy) is 1. The molecular formula is C18H25N5O. The van der Waals surface area contributed by atoms with E-state index in [-0.39, 0.29) is 11.2 Å². The highest BCUT2D eigenvalue weighted by Gasteiger charge is 2.57. The third-order valence-electron chi connectivity index (χ3n) is 6.11. The molecule has 1 saturated heterocycles. The molecule has 6 heteroatoms. The van der Waals surface area contributed by atoms with E-state index in [2.05, 4.69) is 39.9 Å². The van der Waals surface area contributed by atoms with Crippen LogP contribution in [0.1, 0.15) is 45.2 Å². The summed E-state index contributed by atoms with van der Waals surface area (Å²) in [5.74, 6) is 3.33. The molecule has 2 saturated carbocycles. The van der Waals surface area contributed by atoms with Crippen molar-refractivity contribution in [2.24, 2.45) is 11.8 Å². The van der Waals surface area contributed by atoms with E-state index >= 15 is 0 Å². The summed E-state index contributed by atoms with van der Waals surface area (Å²) in [6, 6.07) is 2.13. The number of fused-ring (bicyclic) bond motifs is 4. The number of rotatable bonds is 1. The van der Waals surface area contributed by atoms with Crippen molar-refractivity contribution in [2.45, 2.75) is 57.7 Å². The first-order chi connectivity index (χ1) is 11.4. The second kappa shape index (κ2) is 4.69. The molecule has 1 spiro atoms. The molecule has 1 aliphatic heterocycles. The van der Waals surface area contributed by atoms with Crippen molar-refractivity contribution in [1.82, 2.24) is 19.6 Å². The first kappa shape index (κ1) is 14.6. The van der Waals surface area contributed by atoms with Gasteiger partial charge in [-0.15, -0.1) is 0 Å². The second-order valence-electron chi connectivity index (χ2n) is 8.59. The Labute approximate surface area is 142 Å². The van der Waals surface area contributed by atoms with Crippen molar-refractivity contribution in [2.75, 3.05) is 18.0 Å². The number of hydrogen-bond acceptors (Lipinski definition) is 5. The maximum absolute atomic E-state index is 6.73. The lowest BCUT2D eigenvalue weighted by Gasteiger charge is -2.52. The molecule has 2 aromatic rings. The predicted octanol–water partition coefficient (Wildman–Crippen LogP) is 2.61. The molecule has 0 radical (unpaired) electrons. The van der Waals surface area contributed by atoms with Crippen LogP contribution in [0, 0.1) is 18.8 Å². The van der Waals surface area contributed by atoms with E-state index in [1.807, 2.05) is 11.4 Å². The Hall–Kier alpha value is -1.69. The van der Waals surface area contributed by atoms with Crippen molar-refractivity contribution in [1.29, 1.82) is 0 Å². The molecule has 5 rings (SSSR count). The zero-order chi connectivity index (χ0) is 16.5. The van der Waals surface area contributed by atoms with Gasteiger partial charge in [-0.3, -0.25) is 0 Å². The Kier molecular flexibility index (Phi) is 2.86. The standard InChI is InChI=1S/C18H25N5O/c1-12-6-15(23-16(21-12)19-11-20-23)22-9-17(2,3)24-18(10-22)8-13-4-5-14(18)7-13/h6,11,13-14H,4-5,7-10H2,1-3H3/t13-,14+,18+/m1/s1. The van der Waals surface area contributed by atoms with Crippen LogP contribution in [0.5, 0.6) is 0 Å². The average molecular weight is 327 g/mol. The summed E-state index contributed by atoms with van der Waals surface area (Å²) in [6.07, 6.45) is 6.85. The zero-order valence-electron chi connectivity index (χ0n) is 14.7. The third-order valence-corrected chi connectivity index (χ3v) is 6.11. The van der Waals surface area contributed by atoms with Gasteiger partial charge in [-0.2, -0.15) is 14.6 Å². The Balaban J connectivity index is 1.58. The lowest BCUT2D eigenvalue weighted by molar-refractivity contribution is -0.175. The molecule has 3 aliphatic rings. The van der Waals surface area contributed by atoms with Crippen molar-refractivity contribution in [3.8, 4) is 0 Å². The van der Waals surface area contributed by atoms with E-state index in [0.29, 0.717) is 11.7 Å². The molecule has 3 fully saturated rings. The summed E-state index contributed by atoms with van der Waals surface area (Å²) >= 11 is 0. The molecule has 0 unspecified atom stereocenters. The van der Waals surface area contributed by atoms with Crippen LogP contribution < -0.4 is 4.90 Å². The van der Waals surface area contributed by atoms with E-state index < -0.39 is 0 Å². The number of anilines is 1. The van der Waals surface area contributed by atoms with Gasteiger partial charge < -0.3 is 9.64 Å². The van der Waals surface area contributed by atoms with Gasteiger partial charge in [0.2, 0.25) is 0 Å². The highest BCUT2D eigenvalue weighted by Crippen LogP contribution is 2.55. The summed E-state index contributed by atoms with van der Waals surface area (Å²) in [7, 11) is 0.